The number of halogens is 2. The van der Waals surface area contributed by atoms with Crippen LogP contribution in [0.4, 0.5) is 5.69 Å². The van der Waals surface area contributed by atoms with Gasteiger partial charge in [0.1, 0.15) is 6.54 Å². The first-order chi connectivity index (χ1) is 14.3. The molecular formula is C22H21Cl2N3O3. The van der Waals surface area contributed by atoms with Crippen LogP contribution < -0.4 is 10.9 Å². The van der Waals surface area contributed by atoms with Crippen molar-refractivity contribution in [3.8, 4) is 0 Å². The van der Waals surface area contributed by atoms with Gasteiger partial charge in [-0.15, -0.1) is 0 Å². The van der Waals surface area contributed by atoms with Gasteiger partial charge in [-0.2, -0.15) is 0 Å². The Morgan fingerprint density at radius 2 is 1.83 bits per heavy atom. The van der Waals surface area contributed by atoms with Gasteiger partial charge < -0.3 is 14.8 Å². The number of hydrogen-bond donors (Lipinski definition) is 1. The molecule has 0 saturated heterocycles. The maximum atomic E-state index is 13.3. The quantitative estimate of drug-likeness (QED) is 0.613. The summed E-state index contributed by atoms with van der Waals surface area (Å²) in [5.74, 6) is -0.785. The number of nitrogens with zero attached hydrogens (tertiary/aromatic N) is 2. The first-order valence-corrected chi connectivity index (χ1v) is 10.2. The normalized spacial score (nSPS) is 10.8. The van der Waals surface area contributed by atoms with Crippen LogP contribution in [0.15, 0.2) is 53.3 Å². The van der Waals surface area contributed by atoms with Gasteiger partial charge in [0.2, 0.25) is 5.91 Å². The lowest BCUT2D eigenvalue weighted by Gasteiger charge is -2.23. The van der Waals surface area contributed by atoms with Gasteiger partial charge in [0.25, 0.3) is 11.5 Å². The molecule has 0 atom stereocenters. The number of benzene rings is 2. The lowest BCUT2D eigenvalue weighted by molar-refractivity contribution is -0.116. The molecule has 8 heteroatoms. The average molecular weight is 446 g/mol. The van der Waals surface area contributed by atoms with Gasteiger partial charge in [-0.05, 0) is 30.7 Å². The van der Waals surface area contributed by atoms with Crippen molar-refractivity contribution in [1.29, 1.82) is 0 Å². The summed E-state index contributed by atoms with van der Waals surface area (Å²) in [6.07, 6.45) is 0.652. The predicted octanol–water partition coefficient (Wildman–Crippen LogP) is 4.34. The second-order valence-electron chi connectivity index (χ2n) is 6.87. The average Bonchev–Trinajstić information content (AvgIpc) is 2.72. The second-order valence-corrected chi connectivity index (χ2v) is 7.72. The Bertz CT molecular complexity index is 1170. The molecule has 2 aromatic carbocycles. The SMILES string of the molecule is CCCN(CC(=O)Nc1cc(Cl)ccc1Cl)C(=O)c1cc(=O)n(C)c2ccccc12. The van der Waals surface area contributed by atoms with Crippen molar-refractivity contribution in [3.05, 3.63) is 74.5 Å². The van der Waals surface area contributed by atoms with Crippen molar-refractivity contribution in [1.82, 2.24) is 9.47 Å². The number of para-hydroxylation sites is 1. The molecule has 6 nitrogen and oxygen atoms in total. The largest absolute Gasteiger partial charge is 0.329 e. The highest BCUT2D eigenvalue weighted by atomic mass is 35.5. The van der Waals surface area contributed by atoms with E-state index in [1.165, 1.54) is 15.5 Å². The standard InChI is InChI=1S/C22H21Cl2N3O3/c1-3-10-27(13-20(28)25-18-11-14(23)8-9-17(18)24)22(30)16-12-21(29)26(2)19-7-5-4-6-15(16)19/h4-9,11-12H,3,10,13H2,1-2H3,(H,25,28). The number of rotatable bonds is 6. The van der Waals surface area contributed by atoms with Crippen LogP contribution in [0.2, 0.25) is 10.0 Å². The highest BCUT2D eigenvalue weighted by Crippen LogP contribution is 2.25. The van der Waals surface area contributed by atoms with Crippen LogP contribution in [0.1, 0.15) is 23.7 Å². The van der Waals surface area contributed by atoms with Crippen molar-refractivity contribution in [2.75, 3.05) is 18.4 Å². The van der Waals surface area contributed by atoms with E-state index in [2.05, 4.69) is 5.32 Å². The molecule has 0 aliphatic heterocycles. The first-order valence-electron chi connectivity index (χ1n) is 9.44. The van der Waals surface area contributed by atoms with E-state index < -0.39 is 5.91 Å². The molecule has 156 valence electrons. The summed E-state index contributed by atoms with van der Waals surface area (Å²) in [6.45, 7) is 2.09. The van der Waals surface area contributed by atoms with Crippen molar-refractivity contribution in [3.63, 3.8) is 0 Å². The highest BCUT2D eigenvalue weighted by molar-refractivity contribution is 6.35. The third kappa shape index (κ3) is 4.66. The fraction of sp³-hybridized carbons (Fsp3) is 0.227. The fourth-order valence-corrected chi connectivity index (χ4v) is 3.57. The van der Waals surface area contributed by atoms with Crippen molar-refractivity contribution >= 4 is 51.6 Å². The Kier molecular flexibility index (Phi) is 6.80. The van der Waals surface area contributed by atoms with Crippen molar-refractivity contribution in [2.24, 2.45) is 7.05 Å². The van der Waals surface area contributed by atoms with Gasteiger partial charge >= 0.3 is 0 Å². The zero-order valence-corrected chi connectivity index (χ0v) is 18.1. The Morgan fingerprint density at radius 3 is 2.57 bits per heavy atom. The molecule has 0 aliphatic carbocycles. The number of aryl methyl sites for hydroxylation is 1. The highest BCUT2D eigenvalue weighted by Gasteiger charge is 2.22. The van der Waals surface area contributed by atoms with Gasteiger partial charge in [-0.3, -0.25) is 14.4 Å². The Hall–Kier alpha value is -2.83. The maximum absolute atomic E-state index is 13.3. The Labute approximate surface area is 184 Å². The molecule has 3 rings (SSSR count). The van der Waals surface area contributed by atoms with E-state index in [0.717, 1.165) is 0 Å². The molecule has 0 unspecified atom stereocenters. The van der Waals surface area contributed by atoms with Crippen LogP contribution in [0.25, 0.3) is 10.9 Å². The smallest absolute Gasteiger partial charge is 0.255 e. The molecule has 2 amide bonds. The monoisotopic (exact) mass is 445 g/mol. The van der Waals surface area contributed by atoms with E-state index >= 15 is 0 Å². The lowest BCUT2D eigenvalue weighted by atomic mass is 10.1. The number of carbonyl (C=O) groups is 2. The van der Waals surface area contributed by atoms with Crippen molar-refractivity contribution < 1.29 is 9.59 Å². The summed E-state index contributed by atoms with van der Waals surface area (Å²) in [7, 11) is 1.66. The van der Waals surface area contributed by atoms with E-state index in [-0.39, 0.29) is 23.6 Å². The number of anilines is 1. The van der Waals surface area contributed by atoms with Gasteiger partial charge in [-0.25, -0.2) is 0 Å². The zero-order chi connectivity index (χ0) is 21.8. The third-order valence-electron chi connectivity index (χ3n) is 4.70. The van der Waals surface area contributed by atoms with Gasteiger partial charge in [-0.1, -0.05) is 48.3 Å². The maximum Gasteiger partial charge on any atom is 0.255 e. The predicted molar refractivity (Wildman–Crippen MR) is 120 cm³/mol. The minimum Gasteiger partial charge on any atom is -0.329 e. The molecule has 3 aromatic rings. The Balaban J connectivity index is 1.90. The summed E-state index contributed by atoms with van der Waals surface area (Å²) in [6, 6.07) is 13.3. The molecule has 0 radical (unpaired) electrons. The summed E-state index contributed by atoms with van der Waals surface area (Å²) >= 11 is 12.1. The molecule has 1 N–H and O–H groups in total. The summed E-state index contributed by atoms with van der Waals surface area (Å²) < 4.78 is 1.49. The molecule has 1 aromatic heterocycles. The number of aromatic nitrogens is 1. The zero-order valence-electron chi connectivity index (χ0n) is 16.6. The van der Waals surface area contributed by atoms with Gasteiger partial charge in [0.15, 0.2) is 0 Å². The van der Waals surface area contributed by atoms with E-state index in [9.17, 15) is 14.4 Å². The van der Waals surface area contributed by atoms with Crippen LogP contribution in [-0.2, 0) is 11.8 Å². The van der Waals surface area contributed by atoms with E-state index in [1.807, 2.05) is 19.1 Å². The molecule has 1 heterocycles. The summed E-state index contributed by atoms with van der Waals surface area (Å²) in [4.78, 5) is 39.7. The number of carbonyl (C=O) groups excluding carboxylic acids is 2. The molecule has 0 bridgehead atoms. The molecule has 0 fully saturated rings. The molecule has 0 aliphatic rings. The van der Waals surface area contributed by atoms with Crippen molar-refractivity contribution in [2.45, 2.75) is 13.3 Å². The van der Waals surface area contributed by atoms with E-state index in [1.54, 1.807) is 37.4 Å². The topological polar surface area (TPSA) is 71.4 Å². The summed E-state index contributed by atoms with van der Waals surface area (Å²) in [5, 5.41) is 4.12. The van der Waals surface area contributed by atoms with Gasteiger partial charge in [0, 0.05) is 30.1 Å². The number of nitrogens with one attached hydrogen (secondary N) is 1. The van der Waals surface area contributed by atoms with E-state index in [4.69, 9.17) is 23.2 Å². The number of amides is 2. The van der Waals surface area contributed by atoms with Crippen LogP contribution in [0, 0.1) is 0 Å². The minimum absolute atomic E-state index is 0.181. The number of pyridine rings is 1. The third-order valence-corrected chi connectivity index (χ3v) is 5.27. The second kappa shape index (κ2) is 9.32. The van der Waals surface area contributed by atoms with Crippen LogP contribution in [0.5, 0.6) is 0 Å². The number of hydrogen-bond acceptors (Lipinski definition) is 3. The van der Waals surface area contributed by atoms with E-state index in [0.29, 0.717) is 39.6 Å². The minimum atomic E-state index is -0.408. The molecule has 0 saturated carbocycles. The number of fused-ring (bicyclic) bond motifs is 1. The van der Waals surface area contributed by atoms with Gasteiger partial charge in [0.05, 0.1) is 21.8 Å². The molecular weight excluding hydrogens is 425 g/mol. The molecule has 30 heavy (non-hydrogen) atoms. The fourth-order valence-electron chi connectivity index (χ4n) is 3.24. The van der Waals surface area contributed by atoms with Crippen LogP contribution in [-0.4, -0.2) is 34.4 Å². The van der Waals surface area contributed by atoms with Crippen LogP contribution >= 0.6 is 23.2 Å². The first kappa shape index (κ1) is 21.9. The van der Waals surface area contributed by atoms with Crippen LogP contribution in [0.3, 0.4) is 0 Å². The lowest BCUT2D eigenvalue weighted by Crippen LogP contribution is -2.39. The summed E-state index contributed by atoms with van der Waals surface area (Å²) in [5.41, 5.74) is 1.01. The molecule has 0 spiro atoms. The Morgan fingerprint density at radius 1 is 1.10 bits per heavy atom.